The molecule has 1 aromatic rings. The lowest BCUT2D eigenvalue weighted by molar-refractivity contribution is -0.151. The minimum Gasteiger partial charge on any atom is -0.497 e. The molecule has 1 atom stereocenters. The normalized spacial score (nSPS) is 18.2. The van der Waals surface area contributed by atoms with Gasteiger partial charge in [0.15, 0.2) is 0 Å². The quantitative estimate of drug-likeness (QED) is 0.242. The molecule has 0 aromatic heterocycles. The molecule has 1 aliphatic carbocycles. The Labute approximate surface area is 224 Å². The van der Waals surface area contributed by atoms with Crippen LogP contribution < -0.4 is 10.2 Å². The van der Waals surface area contributed by atoms with E-state index < -0.39 is 22.0 Å². The first-order valence-electron chi connectivity index (χ1n) is 13.3. The summed E-state index contributed by atoms with van der Waals surface area (Å²) in [5, 5.41) is 9.53. The zero-order chi connectivity index (χ0) is 27.7. The van der Waals surface area contributed by atoms with Gasteiger partial charge >= 0.3 is 5.97 Å². The molecule has 2 fully saturated rings. The maximum absolute atomic E-state index is 13.9. The van der Waals surface area contributed by atoms with Gasteiger partial charge < -0.3 is 14.4 Å². The number of amides is 2. The van der Waals surface area contributed by atoms with Crippen molar-refractivity contribution in [3.05, 3.63) is 24.3 Å². The number of nitrogens with zero attached hydrogens (tertiary/aromatic N) is 2. The lowest BCUT2D eigenvalue weighted by Gasteiger charge is -2.37. The molecule has 3 rings (SSSR count). The van der Waals surface area contributed by atoms with Gasteiger partial charge in [0.05, 0.1) is 24.5 Å². The van der Waals surface area contributed by atoms with Gasteiger partial charge in [0, 0.05) is 26.1 Å². The Bertz CT molecular complexity index is 1050. The second-order valence-electron chi connectivity index (χ2n) is 9.77. The van der Waals surface area contributed by atoms with E-state index in [4.69, 9.17) is 9.47 Å². The molecule has 0 radical (unpaired) electrons. The topological polar surface area (TPSA) is 143 Å². The van der Waals surface area contributed by atoms with Gasteiger partial charge in [0.1, 0.15) is 11.8 Å². The van der Waals surface area contributed by atoms with E-state index in [1.807, 2.05) is 0 Å². The summed E-state index contributed by atoms with van der Waals surface area (Å²) in [5.41, 5.74) is 1.66. The molecule has 2 aliphatic rings. The molecule has 0 spiro atoms. The Morgan fingerprint density at radius 2 is 1.71 bits per heavy atom. The zero-order valence-electron chi connectivity index (χ0n) is 22.1. The molecular formula is C26H39N3O8S. The third-order valence-corrected chi connectivity index (χ3v) is 9.36. The van der Waals surface area contributed by atoms with Crippen LogP contribution in [0.3, 0.4) is 0 Å². The molecule has 212 valence electrons. The number of hydroxylamine groups is 1. The van der Waals surface area contributed by atoms with Gasteiger partial charge in [-0.05, 0) is 62.8 Å². The van der Waals surface area contributed by atoms with Crippen molar-refractivity contribution in [1.29, 1.82) is 0 Å². The number of sulfonamides is 1. The number of piperidine rings is 1. The molecule has 11 nitrogen and oxygen atoms in total. The summed E-state index contributed by atoms with van der Waals surface area (Å²) < 4.78 is 39.0. The van der Waals surface area contributed by atoms with Gasteiger partial charge in [-0.15, -0.1) is 0 Å². The number of carbonyl (C=O) groups excluding carboxylic acids is 3. The molecule has 2 N–H and O–H groups in total. The molecule has 1 aliphatic heterocycles. The largest absolute Gasteiger partial charge is 0.497 e. The van der Waals surface area contributed by atoms with E-state index in [2.05, 4.69) is 0 Å². The van der Waals surface area contributed by atoms with Gasteiger partial charge in [-0.1, -0.05) is 19.3 Å². The van der Waals surface area contributed by atoms with Crippen molar-refractivity contribution in [3.8, 4) is 5.75 Å². The predicted octanol–water partition coefficient (Wildman–Crippen LogP) is 2.33. The van der Waals surface area contributed by atoms with E-state index in [0.29, 0.717) is 51.1 Å². The summed E-state index contributed by atoms with van der Waals surface area (Å²) in [7, 11) is -2.73. The SMILES string of the molecule is CCOC(=O)C1CCN(C(=O)CCN(C(C(=O)NO)C2CCCCC2)S(=O)(=O)c2ccc(OC)cc2)CC1. The predicted molar refractivity (Wildman–Crippen MR) is 138 cm³/mol. The Morgan fingerprint density at radius 3 is 2.26 bits per heavy atom. The third kappa shape index (κ3) is 7.23. The van der Waals surface area contributed by atoms with Crippen molar-refractivity contribution < 1.29 is 37.5 Å². The smallest absolute Gasteiger partial charge is 0.309 e. The van der Waals surface area contributed by atoms with Gasteiger partial charge in [0.2, 0.25) is 15.9 Å². The van der Waals surface area contributed by atoms with Crippen molar-refractivity contribution in [2.45, 2.75) is 69.2 Å². The van der Waals surface area contributed by atoms with Crippen LogP contribution >= 0.6 is 0 Å². The molecule has 38 heavy (non-hydrogen) atoms. The first kappa shape index (κ1) is 29.9. The van der Waals surface area contributed by atoms with Crippen LogP contribution in [0, 0.1) is 11.8 Å². The average Bonchev–Trinajstić information content (AvgIpc) is 2.95. The Morgan fingerprint density at radius 1 is 1.08 bits per heavy atom. The molecule has 0 bridgehead atoms. The molecular weight excluding hydrogens is 514 g/mol. The second-order valence-corrected chi connectivity index (χ2v) is 11.7. The molecule has 2 amide bonds. The number of likely N-dealkylation sites (tertiary alicyclic amines) is 1. The van der Waals surface area contributed by atoms with Crippen LogP contribution in [-0.4, -0.2) is 80.0 Å². The number of hydrogen-bond acceptors (Lipinski definition) is 8. The molecule has 1 heterocycles. The monoisotopic (exact) mass is 553 g/mol. The zero-order valence-corrected chi connectivity index (χ0v) is 23.0. The number of ether oxygens (including phenoxy) is 2. The molecule has 1 unspecified atom stereocenters. The highest BCUT2D eigenvalue weighted by atomic mass is 32.2. The van der Waals surface area contributed by atoms with Crippen molar-refractivity contribution >= 4 is 27.8 Å². The van der Waals surface area contributed by atoms with Crippen LogP contribution in [-0.2, 0) is 29.1 Å². The van der Waals surface area contributed by atoms with Crippen molar-refractivity contribution in [3.63, 3.8) is 0 Å². The van der Waals surface area contributed by atoms with E-state index in [9.17, 15) is 28.0 Å². The van der Waals surface area contributed by atoms with Crippen LogP contribution in [0.4, 0.5) is 0 Å². The molecule has 12 heteroatoms. The Hall–Kier alpha value is -2.70. The minimum atomic E-state index is -4.21. The van der Waals surface area contributed by atoms with E-state index in [0.717, 1.165) is 23.6 Å². The van der Waals surface area contributed by atoms with Crippen molar-refractivity contribution in [1.82, 2.24) is 14.7 Å². The minimum absolute atomic E-state index is 0.0347. The number of benzene rings is 1. The summed E-state index contributed by atoms with van der Waals surface area (Å²) in [6.45, 7) is 2.58. The maximum atomic E-state index is 13.9. The molecule has 1 aromatic carbocycles. The van der Waals surface area contributed by atoms with Gasteiger partial charge in [-0.2, -0.15) is 4.31 Å². The highest BCUT2D eigenvalue weighted by molar-refractivity contribution is 7.89. The Kier molecular flexibility index (Phi) is 10.9. The van der Waals surface area contributed by atoms with Crippen LogP contribution in [0.15, 0.2) is 29.2 Å². The first-order valence-corrected chi connectivity index (χ1v) is 14.7. The van der Waals surface area contributed by atoms with E-state index >= 15 is 0 Å². The van der Waals surface area contributed by atoms with Crippen LogP contribution in [0.25, 0.3) is 0 Å². The molecule has 1 saturated carbocycles. The highest BCUT2D eigenvalue weighted by Gasteiger charge is 2.41. The van der Waals surface area contributed by atoms with Crippen molar-refractivity contribution in [2.75, 3.05) is 33.4 Å². The number of methoxy groups -OCH3 is 1. The fraction of sp³-hybridized carbons (Fsp3) is 0.654. The van der Waals surface area contributed by atoms with E-state index in [1.165, 1.54) is 31.4 Å². The summed E-state index contributed by atoms with van der Waals surface area (Å²) in [5.74, 6) is -1.39. The first-order chi connectivity index (χ1) is 18.2. The van der Waals surface area contributed by atoms with Gasteiger partial charge in [-0.25, -0.2) is 13.9 Å². The standard InChI is InChI=1S/C26H39N3O8S/c1-3-37-26(32)20-13-16-28(17-14-20)23(30)15-18-29(24(25(31)27-33)19-7-5-4-6-8-19)38(34,35)22-11-9-21(36-2)10-12-22/h9-12,19-20,24,33H,3-8,13-18H2,1-2H3,(H,27,31). The Balaban J connectivity index is 1.82. The summed E-state index contributed by atoms with van der Waals surface area (Å²) in [4.78, 5) is 39.6. The number of nitrogens with one attached hydrogen (secondary N) is 1. The van der Waals surface area contributed by atoms with Crippen LogP contribution in [0.5, 0.6) is 5.75 Å². The van der Waals surface area contributed by atoms with Crippen LogP contribution in [0.2, 0.25) is 0 Å². The average molecular weight is 554 g/mol. The number of hydrogen-bond donors (Lipinski definition) is 2. The van der Waals surface area contributed by atoms with Gasteiger partial charge in [0.25, 0.3) is 5.91 Å². The summed E-state index contributed by atoms with van der Waals surface area (Å²) in [6.07, 6.45) is 4.81. The number of esters is 1. The maximum Gasteiger partial charge on any atom is 0.309 e. The van der Waals surface area contributed by atoms with Gasteiger partial charge in [-0.3, -0.25) is 19.6 Å². The van der Waals surface area contributed by atoms with E-state index in [1.54, 1.807) is 17.3 Å². The third-order valence-electron chi connectivity index (χ3n) is 7.47. The molecule has 1 saturated heterocycles. The number of carbonyl (C=O) groups is 3. The summed E-state index contributed by atoms with van der Waals surface area (Å²) >= 11 is 0. The number of rotatable bonds is 11. The van der Waals surface area contributed by atoms with E-state index in [-0.39, 0.29) is 41.6 Å². The van der Waals surface area contributed by atoms with Crippen molar-refractivity contribution in [2.24, 2.45) is 11.8 Å². The lowest BCUT2D eigenvalue weighted by atomic mass is 9.83. The van der Waals surface area contributed by atoms with Crippen LogP contribution in [0.1, 0.15) is 58.3 Å². The fourth-order valence-corrected chi connectivity index (χ4v) is 7.03. The lowest BCUT2D eigenvalue weighted by Crippen LogP contribution is -2.54. The fourth-order valence-electron chi connectivity index (χ4n) is 5.38. The summed E-state index contributed by atoms with van der Waals surface area (Å²) in [6, 6.07) is 4.68. The second kappa shape index (κ2) is 13.9. The highest BCUT2D eigenvalue weighted by Crippen LogP contribution is 2.33.